The zero-order chi connectivity index (χ0) is 20.0. The number of rotatable bonds is 6. The van der Waals surface area contributed by atoms with Crippen molar-refractivity contribution < 1.29 is 4.79 Å². The summed E-state index contributed by atoms with van der Waals surface area (Å²) >= 11 is 0. The Morgan fingerprint density at radius 2 is 1.61 bits per heavy atom. The van der Waals surface area contributed by atoms with Crippen molar-refractivity contribution in [3.8, 4) is 11.3 Å². The Bertz CT molecular complexity index is 895. The number of carbonyl (C=O) groups is 1. The predicted molar refractivity (Wildman–Crippen MR) is 113 cm³/mol. The minimum Gasteiger partial charge on any atom is -0.338 e. The van der Waals surface area contributed by atoms with Crippen LogP contribution in [0.25, 0.3) is 11.3 Å². The summed E-state index contributed by atoms with van der Waals surface area (Å²) < 4.78 is 1.93. The molecule has 2 amide bonds. The van der Waals surface area contributed by atoms with Crippen molar-refractivity contribution in [2.24, 2.45) is 5.41 Å². The number of nitrogens with one attached hydrogen (secondary N) is 2. The van der Waals surface area contributed by atoms with Gasteiger partial charge < -0.3 is 10.6 Å². The van der Waals surface area contributed by atoms with E-state index in [1.807, 2.05) is 59.4 Å². The van der Waals surface area contributed by atoms with Crippen molar-refractivity contribution >= 4 is 6.03 Å². The summed E-state index contributed by atoms with van der Waals surface area (Å²) in [4.78, 5) is 12.2. The molecule has 0 spiro atoms. The Morgan fingerprint density at radius 3 is 2.25 bits per heavy atom. The van der Waals surface area contributed by atoms with Crippen LogP contribution in [0.3, 0.4) is 0 Å². The van der Waals surface area contributed by atoms with Gasteiger partial charge in [-0.15, -0.1) is 0 Å². The first-order valence-corrected chi connectivity index (χ1v) is 9.58. The molecule has 1 aromatic heterocycles. The third kappa shape index (κ3) is 5.71. The Morgan fingerprint density at radius 1 is 0.964 bits per heavy atom. The lowest BCUT2D eigenvalue weighted by Gasteiger charge is -2.18. The van der Waals surface area contributed by atoms with E-state index in [9.17, 15) is 4.79 Å². The average Bonchev–Trinajstić information content (AvgIpc) is 3.08. The van der Waals surface area contributed by atoms with Gasteiger partial charge in [0.2, 0.25) is 0 Å². The van der Waals surface area contributed by atoms with Gasteiger partial charge in [0.05, 0.1) is 12.2 Å². The maximum Gasteiger partial charge on any atom is 0.315 e. The van der Waals surface area contributed by atoms with E-state index < -0.39 is 0 Å². The van der Waals surface area contributed by atoms with Gasteiger partial charge in [0, 0.05) is 30.4 Å². The molecule has 0 radical (unpaired) electrons. The van der Waals surface area contributed by atoms with Gasteiger partial charge in [-0.1, -0.05) is 81.4 Å². The lowest BCUT2D eigenvalue weighted by atomic mass is 9.97. The van der Waals surface area contributed by atoms with Crippen LogP contribution in [0.2, 0.25) is 0 Å². The fraction of sp³-hybridized carbons (Fsp3) is 0.304. The molecule has 3 aromatic rings. The molecular weight excluding hydrogens is 348 g/mol. The van der Waals surface area contributed by atoms with Gasteiger partial charge in [-0.25, -0.2) is 4.79 Å². The third-order valence-electron chi connectivity index (χ3n) is 4.29. The Kier molecular flexibility index (Phi) is 6.14. The molecule has 0 aliphatic rings. The van der Waals surface area contributed by atoms with Gasteiger partial charge in [0.25, 0.3) is 0 Å². The monoisotopic (exact) mass is 376 g/mol. The van der Waals surface area contributed by atoms with Gasteiger partial charge in [-0.3, -0.25) is 4.68 Å². The second-order valence-corrected chi connectivity index (χ2v) is 8.15. The predicted octanol–water partition coefficient (Wildman–Crippen LogP) is 4.44. The molecule has 0 aliphatic carbocycles. The first-order valence-electron chi connectivity index (χ1n) is 9.58. The van der Waals surface area contributed by atoms with Gasteiger partial charge in [0.15, 0.2) is 0 Å². The fourth-order valence-electron chi connectivity index (χ4n) is 2.87. The Balaban J connectivity index is 1.75. The lowest BCUT2D eigenvalue weighted by molar-refractivity contribution is 0.235. The minimum absolute atomic E-state index is 0.0487. The number of hydrogen-bond acceptors (Lipinski definition) is 2. The summed E-state index contributed by atoms with van der Waals surface area (Å²) in [5.41, 5.74) is 4.17. The summed E-state index contributed by atoms with van der Waals surface area (Å²) in [6.07, 6.45) is 2.01. The molecule has 0 unspecified atom stereocenters. The van der Waals surface area contributed by atoms with Crippen LogP contribution in [0, 0.1) is 5.41 Å². The van der Waals surface area contributed by atoms with E-state index >= 15 is 0 Å². The molecular formula is C23H28N4O. The van der Waals surface area contributed by atoms with Crippen LogP contribution < -0.4 is 10.6 Å². The second kappa shape index (κ2) is 8.74. The average molecular weight is 377 g/mol. The molecule has 1 heterocycles. The highest BCUT2D eigenvalue weighted by Gasteiger charge is 2.14. The van der Waals surface area contributed by atoms with Crippen molar-refractivity contribution in [3.05, 3.63) is 78.0 Å². The molecule has 2 N–H and O–H groups in total. The normalized spacial score (nSPS) is 11.2. The van der Waals surface area contributed by atoms with Crippen molar-refractivity contribution in [2.45, 2.75) is 33.9 Å². The fourth-order valence-corrected chi connectivity index (χ4v) is 2.87. The van der Waals surface area contributed by atoms with Gasteiger partial charge in [0.1, 0.15) is 0 Å². The Labute approximate surface area is 166 Å². The molecule has 3 rings (SSSR count). The molecule has 0 bridgehead atoms. The molecule has 5 heteroatoms. The van der Waals surface area contributed by atoms with E-state index in [1.165, 1.54) is 5.56 Å². The number of carbonyl (C=O) groups excluding carboxylic acids is 1. The number of aromatic nitrogens is 2. The van der Waals surface area contributed by atoms with Crippen LogP contribution in [0.1, 0.15) is 31.9 Å². The number of nitrogens with zero attached hydrogens (tertiary/aromatic N) is 2. The molecule has 0 fully saturated rings. The van der Waals surface area contributed by atoms with Crippen LogP contribution in [0.4, 0.5) is 4.79 Å². The van der Waals surface area contributed by atoms with E-state index in [2.05, 4.69) is 43.5 Å². The van der Waals surface area contributed by atoms with E-state index in [0.29, 0.717) is 19.6 Å². The smallest absolute Gasteiger partial charge is 0.315 e. The van der Waals surface area contributed by atoms with Crippen molar-refractivity contribution in [2.75, 3.05) is 6.54 Å². The van der Waals surface area contributed by atoms with Gasteiger partial charge in [-0.2, -0.15) is 5.10 Å². The molecule has 28 heavy (non-hydrogen) atoms. The highest BCUT2D eigenvalue weighted by molar-refractivity contribution is 5.74. The summed E-state index contributed by atoms with van der Waals surface area (Å²) in [6.45, 7) is 8.01. The topological polar surface area (TPSA) is 59.0 Å². The number of benzene rings is 2. The first-order chi connectivity index (χ1) is 13.4. The highest BCUT2D eigenvalue weighted by atomic mass is 16.2. The molecule has 5 nitrogen and oxygen atoms in total. The van der Waals surface area contributed by atoms with Gasteiger partial charge in [-0.05, 0) is 11.0 Å². The maximum absolute atomic E-state index is 12.2. The van der Waals surface area contributed by atoms with E-state index in [1.54, 1.807) is 0 Å². The van der Waals surface area contributed by atoms with Crippen LogP contribution in [-0.2, 0) is 13.1 Å². The van der Waals surface area contributed by atoms with E-state index in [4.69, 9.17) is 5.10 Å². The number of urea groups is 1. The quantitative estimate of drug-likeness (QED) is 0.668. The van der Waals surface area contributed by atoms with Crippen molar-refractivity contribution in [1.29, 1.82) is 0 Å². The van der Waals surface area contributed by atoms with Crippen molar-refractivity contribution in [1.82, 2.24) is 20.4 Å². The molecule has 0 saturated heterocycles. The summed E-state index contributed by atoms with van der Waals surface area (Å²) in [5, 5.41) is 10.7. The second-order valence-electron chi connectivity index (χ2n) is 8.15. The number of hydrogen-bond donors (Lipinski definition) is 2. The maximum atomic E-state index is 12.2. The van der Waals surface area contributed by atoms with Crippen LogP contribution in [0.5, 0.6) is 0 Å². The summed E-state index contributed by atoms with van der Waals surface area (Å²) in [5.74, 6) is 0. The molecule has 0 aliphatic heterocycles. The lowest BCUT2D eigenvalue weighted by Crippen LogP contribution is -2.39. The summed E-state index contributed by atoms with van der Waals surface area (Å²) in [7, 11) is 0. The first kappa shape index (κ1) is 19.7. The minimum atomic E-state index is -0.162. The SMILES string of the molecule is CC(C)(C)CNC(=O)NCc1cn(Cc2ccccc2)nc1-c1ccccc1. The summed E-state index contributed by atoms with van der Waals surface area (Å²) in [6, 6.07) is 20.1. The standard InChI is InChI=1S/C23H28N4O/c1-23(2,3)17-25-22(28)24-14-20-16-27(15-18-10-6-4-7-11-18)26-21(20)19-12-8-5-9-13-19/h4-13,16H,14-15,17H2,1-3H3,(H2,24,25,28). The molecule has 146 valence electrons. The molecule has 0 saturated carbocycles. The largest absolute Gasteiger partial charge is 0.338 e. The van der Waals surface area contributed by atoms with Gasteiger partial charge >= 0.3 is 6.03 Å². The highest BCUT2D eigenvalue weighted by Crippen LogP contribution is 2.22. The number of amides is 2. The zero-order valence-electron chi connectivity index (χ0n) is 16.8. The van der Waals surface area contributed by atoms with Crippen molar-refractivity contribution in [3.63, 3.8) is 0 Å². The zero-order valence-corrected chi connectivity index (χ0v) is 16.8. The molecule has 0 atom stereocenters. The van der Waals surface area contributed by atoms with Crippen LogP contribution >= 0.6 is 0 Å². The van der Waals surface area contributed by atoms with Crippen LogP contribution in [-0.4, -0.2) is 22.4 Å². The van der Waals surface area contributed by atoms with E-state index in [0.717, 1.165) is 16.8 Å². The molecule has 2 aromatic carbocycles. The van der Waals surface area contributed by atoms with Crippen LogP contribution in [0.15, 0.2) is 66.9 Å². The Hall–Kier alpha value is -3.08. The third-order valence-corrected chi connectivity index (χ3v) is 4.29. The van der Waals surface area contributed by atoms with E-state index in [-0.39, 0.29) is 11.4 Å².